The van der Waals surface area contributed by atoms with Crippen LogP contribution in [0.3, 0.4) is 0 Å². The van der Waals surface area contributed by atoms with E-state index in [4.69, 9.17) is 11.6 Å². The van der Waals surface area contributed by atoms with Gasteiger partial charge in [0.2, 0.25) is 11.8 Å². The van der Waals surface area contributed by atoms with Crippen LogP contribution in [0.25, 0.3) is 0 Å². The van der Waals surface area contributed by atoms with E-state index in [1.807, 2.05) is 44.2 Å². The molecule has 2 amide bonds. The zero-order valence-corrected chi connectivity index (χ0v) is 27.0. The van der Waals surface area contributed by atoms with Gasteiger partial charge in [-0.05, 0) is 47.4 Å². The molecule has 1 N–H and O–H groups in total. The summed E-state index contributed by atoms with van der Waals surface area (Å²) in [6, 6.07) is 27.6. The fourth-order valence-electron chi connectivity index (χ4n) is 4.82. The van der Waals surface area contributed by atoms with Crippen molar-refractivity contribution in [2.24, 2.45) is 5.92 Å². The number of rotatable bonds is 14. The van der Waals surface area contributed by atoms with Gasteiger partial charge in [0.25, 0.3) is 15.7 Å². The first-order valence-corrected chi connectivity index (χ1v) is 16.5. The van der Waals surface area contributed by atoms with Gasteiger partial charge >= 0.3 is 0 Å². The monoisotopic (exact) mass is 662 g/mol. The Morgan fingerprint density at radius 1 is 0.870 bits per heavy atom. The van der Waals surface area contributed by atoms with Crippen LogP contribution in [0, 0.1) is 16.0 Å². The Labute approximate surface area is 273 Å². The third kappa shape index (κ3) is 8.92. The Balaban J connectivity index is 1.82. The molecule has 0 aromatic heterocycles. The molecule has 1 atom stereocenters. The molecule has 0 saturated heterocycles. The van der Waals surface area contributed by atoms with Crippen LogP contribution in [0.2, 0.25) is 5.02 Å². The predicted molar refractivity (Wildman–Crippen MR) is 178 cm³/mol. The van der Waals surface area contributed by atoms with Crippen LogP contribution in [0.5, 0.6) is 0 Å². The lowest BCUT2D eigenvalue weighted by Crippen LogP contribution is -2.53. The number of nitro benzene ring substituents is 1. The van der Waals surface area contributed by atoms with Crippen molar-refractivity contribution < 1.29 is 22.9 Å². The number of nitro groups is 1. The van der Waals surface area contributed by atoms with Crippen molar-refractivity contribution in [3.05, 3.63) is 135 Å². The molecule has 0 aliphatic carbocycles. The Bertz CT molecular complexity index is 1770. The number of benzene rings is 4. The number of hydrogen-bond acceptors (Lipinski definition) is 6. The maximum Gasteiger partial charge on any atom is 0.271 e. The summed E-state index contributed by atoms with van der Waals surface area (Å²) in [4.78, 5) is 40.5. The Hall–Kier alpha value is -4.74. The molecule has 12 heteroatoms. The molecule has 4 aromatic carbocycles. The topological polar surface area (TPSA) is 130 Å². The van der Waals surface area contributed by atoms with Crippen LogP contribution < -0.4 is 9.62 Å². The molecule has 10 nitrogen and oxygen atoms in total. The zero-order chi connectivity index (χ0) is 33.3. The van der Waals surface area contributed by atoms with E-state index in [9.17, 15) is 28.1 Å². The van der Waals surface area contributed by atoms with E-state index in [-0.39, 0.29) is 35.2 Å². The quantitative estimate of drug-likeness (QED) is 0.133. The van der Waals surface area contributed by atoms with E-state index in [0.29, 0.717) is 17.1 Å². The molecule has 0 saturated carbocycles. The minimum absolute atomic E-state index is 0.0554. The highest BCUT2D eigenvalue weighted by Gasteiger charge is 2.35. The van der Waals surface area contributed by atoms with Gasteiger partial charge in [-0.3, -0.25) is 24.0 Å². The molecular weight excluding hydrogens is 628 g/mol. The van der Waals surface area contributed by atoms with Gasteiger partial charge < -0.3 is 10.2 Å². The van der Waals surface area contributed by atoms with Crippen molar-refractivity contribution in [2.45, 2.75) is 37.8 Å². The van der Waals surface area contributed by atoms with Crippen LogP contribution >= 0.6 is 11.6 Å². The molecule has 0 aliphatic rings. The summed E-state index contributed by atoms with van der Waals surface area (Å²) in [5.41, 5.74) is 1.01. The van der Waals surface area contributed by atoms with Gasteiger partial charge in [0, 0.05) is 36.7 Å². The molecule has 0 aliphatic heterocycles. The summed E-state index contributed by atoms with van der Waals surface area (Å²) in [5.74, 6) is -0.953. The van der Waals surface area contributed by atoms with Gasteiger partial charge in [-0.2, -0.15) is 0 Å². The van der Waals surface area contributed by atoms with Crippen LogP contribution in [0.4, 0.5) is 11.4 Å². The highest BCUT2D eigenvalue weighted by molar-refractivity contribution is 7.92. The molecule has 0 unspecified atom stereocenters. The fraction of sp³-hybridized carbons (Fsp3) is 0.235. The van der Waals surface area contributed by atoms with Gasteiger partial charge in [0.15, 0.2) is 0 Å². The highest BCUT2D eigenvalue weighted by atomic mass is 35.5. The molecule has 0 radical (unpaired) electrons. The van der Waals surface area contributed by atoms with E-state index >= 15 is 0 Å². The van der Waals surface area contributed by atoms with E-state index in [1.54, 1.807) is 42.5 Å². The van der Waals surface area contributed by atoms with Crippen molar-refractivity contribution >= 4 is 44.8 Å². The van der Waals surface area contributed by atoms with Gasteiger partial charge in [-0.25, -0.2) is 8.42 Å². The van der Waals surface area contributed by atoms with Crippen molar-refractivity contribution in [1.29, 1.82) is 0 Å². The van der Waals surface area contributed by atoms with Gasteiger partial charge in [-0.15, -0.1) is 0 Å². The lowest BCUT2D eigenvalue weighted by molar-refractivity contribution is -0.384. The Morgan fingerprint density at radius 3 is 2.13 bits per heavy atom. The number of amides is 2. The second-order valence-corrected chi connectivity index (χ2v) is 13.4. The standard InChI is InChI=1S/C34H35ClN4O6S/c1-25(2)22-36-34(41)32(20-26-11-5-3-6-12-26)37(23-27-13-9-14-28(35)19-27)33(40)24-38(29-15-10-16-30(21-29)39(42)43)46(44,45)31-17-7-4-8-18-31/h3-19,21,25,32H,20,22-24H2,1-2H3,(H,36,41)/t32-/m1/s1. The minimum Gasteiger partial charge on any atom is -0.354 e. The van der Waals surface area contributed by atoms with E-state index in [2.05, 4.69) is 5.32 Å². The maximum absolute atomic E-state index is 14.5. The van der Waals surface area contributed by atoms with Crippen LogP contribution in [-0.2, 0) is 32.6 Å². The number of anilines is 1. The first kappa shape index (κ1) is 34.1. The third-order valence-electron chi connectivity index (χ3n) is 7.14. The average molecular weight is 663 g/mol. The number of non-ortho nitro benzene ring substituents is 1. The van der Waals surface area contributed by atoms with E-state index < -0.39 is 39.3 Å². The van der Waals surface area contributed by atoms with E-state index in [1.165, 1.54) is 35.2 Å². The molecule has 46 heavy (non-hydrogen) atoms. The minimum atomic E-state index is -4.39. The summed E-state index contributed by atoms with van der Waals surface area (Å²) < 4.78 is 28.9. The number of carbonyl (C=O) groups is 2. The molecule has 0 heterocycles. The normalized spacial score (nSPS) is 11.9. The largest absolute Gasteiger partial charge is 0.354 e. The smallest absolute Gasteiger partial charge is 0.271 e. The first-order chi connectivity index (χ1) is 22.0. The van der Waals surface area contributed by atoms with Crippen LogP contribution in [-0.4, -0.2) is 49.2 Å². The zero-order valence-electron chi connectivity index (χ0n) is 25.5. The first-order valence-electron chi connectivity index (χ1n) is 14.6. The summed E-state index contributed by atoms with van der Waals surface area (Å²) >= 11 is 6.27. The van der Waals surface area contributed by atoms with Gasteiger partial charge in [0.1, 0.15) is 12.6 Å². The highest BCUT2D eigenvalue weighted by Crippen LogP contribution is 2.28. The van der Waals surface area contributed by atoms with Gasteiger partial charge in [0.05, 0.1) is 15.5 Å². The van der Waals surface area contributed by atoms with Crippen LogP contribution in [0.15, 0.2) is 114 Å². The fourth-order valence-corrected chi connectivity index (χ4v) is 6.46. The molecule has 0 spiro atoms. The molecular formula is C34H35ClN4O6S. The van der Waals surface area contributed by atoms with Crippen molar-refractivity contribution in [1.82, 2.24) is 10.2 Å². The predicted octanol–water partition coefficient (Wildman–Crippen LogP) is 5.86. The van der Waals surface area contributed by atoms with Crippen LogP contribution in [0.1, 0.15) is 25.0 Å². The molecule has 4 rings (SSSR count). The van der Waals surface area contributed by atoms with Crippen molar-refractivity contribution in [2.75, 3.05) is 17.4 Å². The molecule has 0 fully saturated rings. The number of carbonyl (C=O) groups excluding carboxylic acids is 2. The number of sulfonamides is 1. The number of halogens is 1. The number of nitrogens with one attached hydrogen (secondary N) is 1. The van der Waals surface area contributed by atoms with Gasteiger partial charge in [-0.1, -0.05) is 92.2 Å². The summed E-state index contributed by atoms with van der Waals surface area (Å²) in [5, 5.41) is 15.0. The SMILES string of the molecule is CC(C)CNC(=O)[C@@H](Cc1ccccc1)N(Cc1cccc(Cl)c1)C(=O)CN(c1cccc([N+](=O)[O-])c1)S(=O)(=O)c1ccccc1. The lowest BCUT2D eigenvalue weighted by atomic mass is 10.0. The van der Waals surface area contributed by atoms with Crippen molar-refractivity contribution in [3.63, 3.8) is 0 Å². The Kier molecular flexibility index (Phi) is 11.5. The number of hydrogen-bond donors (Lipinski definition) is 1. The molecule has 0 bridgehead atoms. The third-order valence-corrected chi connectivity index (χ3v) is 9.16. The Morgan fingerprint density at radius 2 is 1.50 bits per heavy atom. The second-order valence-electron chi connectivity index (χ2n) is 11.1. The maximum atomic E-state index is 14.5. The summed E-state index contributed by atoms with van der Waals surface area (Å²) in [7, 11) is -4.39. The van der Waals surface area contributed by atoms with Crippen molar-refractivity contribution in [3.8, 4) is 0 Å². The summed E-state index contributed by atoms with van der Waals surface area (Å²) in [6.07, 6.45) is 0.152. The van der Waals surface area contributed by atoms with E-state index in [0.717, 1.165) is 15.9 Å². The second kappa shape index (κ2) is 15.5. The number of nitrogens with zero attached hydrogens (tertiary/aromatic N) is 3. The molecule has 4 aromatic rings. The average Bonchev–Trinajstić information content (AvgIpc) is 3.04. The summed E-state index contributed by atoms with van der Waals surface area (Å²) in [6.45, 7) is 3.48. The lowest BCUT2D eigenvalue weighted by Gasteiger charge is -2.34. The molecule has 240 valence electrons.